The van der Waals surface area contributed by atoms with E-state index >= 15 is 0 Å². The summed E-state index contributed by atoms with van der Waals surface area (Å²) in [7, 11) is 0. The summed E-state index contributed by atoms with van der Waals surface area (Å²) in [5.74, 6) is 0.411. The smallest absolute Gasteiger partial charge is 0.0979 e. The predicted molar refractivity (Wildman–Crippen MR) is 77.4 cm³/mol. The minimum Gasteiger partial charge on any atom is -0.398 e. The number of pyridine rings is 1. The third kappa shape index (κ3) is 1.95. The first-order valence-electron chi connectivity index (χ1n) is 6.36. The van der Waals surface area contributed by atoms with Crippen molar-refractivity contribution in [2.45, 2.75) is 19.8 Å². The molecule has 0 unspecified atom stereocenters. The van der Waals surface area contributed by atoms with Crippen LogP contribution >= 0.6 is 0 Å². The summed E-state index contributed by atoms with van der Waals surface area (Å²) >= 11 is 0. The molecule has 4 heteroatoms. The van der Waals surface area contributed by atoms with E-state index in [-0.39, 0.29) is 0 Å². The lowest BCUT2D eigenvalue weighted by atomic mass is 10.1. The van der Waals surface area contributed by atoms with Gasteiger partial charge in [0.05, 0.1) is 16.9 Å². The third-order valence-electron chi connectivity index (χ3n) is 3.23. The average molecular weight is 252 g/mol. The van der Waals surface area contributed by atoms with Crippen molar-refractivity contribution in [3.63, 3.8) is 0 Å². The van der Waals surface area contributed by atoms with E-state index in [0.717, 1.165) is 28.0 Å². The van der Waals surface area contributed by atoms with Gasteiger partial charge in [0.25, 0.3) is 0 Å². The van der Waals surface area contributed by atoms with Gasteiger partial charge in [0, 0.05) is 23.5 Å². The van der Waals surface area contributed by atoms with E-state index in [1.54, 1.807) is 6.20 Å². The zero-order chi connectivity index (χ0) is 13.4. The molecule has 3 aromatic rings. The van der Waals surface area contributed by atoms with Crippen LogP contribution in [0.1, 0.15) is 25.5 Å². The van der Waals surface area contributed by atoms with Gasteiger partial charge in [-0.2, -0.15) is 5.10 Å². The summed E-state index contributed by atoms with van der Waals surface area (Å²) in [5, 5.41) is 5.56. The summed E-state index contributed by atoms with van der Waals surface area (Å²) in [6, 6.07) is 9.77. The van der Waals surface area contributed by atoms with Crippen molar-refractivity contribution in [3.8, 4) is 5.69 Å². The van der Waals surface area contributed by atoms with Gasteiger partial charge in [-0.15, -0.1) is 0 Å². The molecule has 0 saturated heterocycles. The van der Waals surface area contributed by atoms with Crippen molar-refractivity contribution in [3.05, 3.63) is 48.4 Å². The Bertz CT molecular complexity index is 728. The Balaban J connectivity index is 2.22. The van der Waals surface area contributed by atoms with Gasteiger partial charge in [-0.25, -0.2) is 4.68 Å². The van der Waals surface area contributed by atoms with Gasteiger partial charge in [0.1, 0.15) is 0 Å². The van der Waals surface area contributed by atoms with E-state index in [1.165, 1.54) is 0 Å². The maximum Gasteiger partial charge on any atom is 0.0979 e. The van der Waals surface area contributed by atoms with Crippen LogP contribution in [0.2, 0.25) is 0 Å². The molecule has 0 amide bonds. The van der Waals surface area contributed by atoms with Crippen molar-refractivity contribution in [2.24, 2.45) is 0 Å². The molecule has 0 aliphatic carbocycles. The number of nitrogen functional groups attached to an aromatic ring is 1. The SMILES string of the molecule is CC(C)c1ccn(-c2ccc(N)c3cccnc23)n1. The number of benzene rings is 1. The highest BCUT2D eigenvalue weighted by molar-refractivity contribution is 5.95. The number of nitrogens with two attached hydrogens (primary N) is 1. The van der Waals surface area contributed by atoms with Gasteiger partial charge in [-0.1, -0.05) is 13.8 Å². The Morgan fingerprint density at radius 2 is 2.00 bits per heavy atom. The number of anilines is 1. The fourth-order valence-electron chi connectivity index (χ4n) is 2.14. The quantitative estimate of drug-likeness (QED) is 0.713. The van der Waals surface area contributed by atoms with Crippen LogP contribution in [0.4, 0.5) is 5.69 Å². The molecule has 1 aromatic carbocycles. The Kier molecular flexibility index (Phi) is 2.71. The lowest BCUT2D eigenvalue weighted by Gasteiger charge is -2.08. The third-order valence-corrected chi connectivity index (χ3v) is 3.23. The zero-order valence-corrected chi connectivity index (χ0v) is 11.0. The minimum absolute atomic E-state index is 0.411. The molecule has 2 N–H and O–H groups in total. The van der Waals surface area contributed by atoms with Gasteiger partial charge >= 0.3 is 0 Å². The van der Waals surface area contributed by atoms with Crippen molar-refractivity contribution >= 4 is 16.6 Å². The Morgan fingerprint density at radius 1 is 1.16 bits per heavy atom. The molecule has 0 radical (unpaired) electrons. The molecule has 0 atom stereocenters. The maximum atomic E-state index is 5.99. The molecule has 0 saturated carbocycles. The minimum atomic E-state index is 0.411. The van der Waals surface area contributed by atoms with Crippen LogP contribution in [0.15, 0.2) is 42.7 Å². The predicted octanol–water partition coefficient (Wildman–Crippen LogP) is 3.13. The highest BCUT2D eigenvalue weighted by atomic mass is 15.3. The van der Waals surface area contributed by atoms with Crippen LogP contribution in [0, 0.1) is 0 Å². The lowest BCUT2D eigenvalue weighted by molar-refractivity contribution is 0.770. The molecule has 2 aromatic heterocycles. The largest absolute Gasteiger partial charge is 0.398 e. The number of nitrogens with zero attached hydrogens (tertiary/aromatic N) is 3. The van der Waals surface area contributed by atoms with Gasteiger partial charge in [-0.05, 0) is 36.2 Å². The van der Waals surface area contributed by atoms with Gasteiger partial charge in [0.2, 0.25) is 0 Å². The van der Waals surface area contributed by atoms with Crippen molar-refractivity contribution in [1.82, 2.24) is 14.8 Å². The number of aromatic nitrogens is 3. The van der Waals surface area contributed by atoms with Crippen molar-refractivity contribution in [1.29, 1.82) is 0 Å². The fourth-order valence-corrected chi connectivity index (χ4v) is 2.14. The molecule has 2 heterocycles. The molecular formula is C15H16N4. The van der Waals surface area contributed by atoms with Crippen LogP contribution in [0.5, 0.6) is 0 Å². The van der Waals surface area contributed by atoms with Crippen LogP contribution in [0.25, 0.3) is 16.6 Å². The summed E-state index contributed by atoms with van der Waals surface area (Å²) in [5.41, 5.74) is 9.63. The average Bonchev–Trinajstić information content (AvgIpc) is 2.89. The number of rotatable bonds is 2. The van der Waals surface area contributed by atoms with Crippen LogP contribution in [-0.2, 0) is 0 Å². The van der Waals surface area contributed by atoms with Gasteiger partial charge in [0.15, 0.2) is 0 Å². The van der Waals surface area contributed by atoms with Crippen LogP contribution < -0.4 is 5.73 Å². The molecule has 0 fully saturated rings. The van der Waals surface area contributed by atoms with E-state index in [9.17, 15) is 0 Å². The number of hydrogen-bond acceptors (Lipinski definition) is 3. The van der Waals surface area contributed by atoms with E-state index in [4.69, 9.17) is 5.73 Å². The normalized spacial score (nSPS) is 11.3. The number of fused-ring (bicyclic) bond motifs is 1. The monoisotopic (exact) mass is 252 g/mol. The first-order valence-corrected chi connectivity index (χ1v) is 6.36. The van der Waals surface area contributed by atoms with Crippen molar-refractivity contribution < 1.29 is 0 Å². The second-order valence-corrected chi connectivity index (χ2v) is 4.91. The second-order valence-electron chi connectivity index (χ2n) is 4.91. The summed E-state index contributed by atoms with van der Waals surface area (Å²) < 4.78 is 1.87. The zero-order valence-electron chi connectivity index (χ0n) is 11.0. The van der Waals surface area contributed by atoms with E-state index in [2.05, 4.69) is 23.9 Å². The molecular weight excluding hydrogens is 236 g/mol. The molecule has 96 valence electrons. The molecule has 0 bridgehead atoms. The second kappa shape index (κ2) is 4.39. The molecule has 0 aliphatic heterocycles. The van der Waals surface area contributed by atoms with E-state index in [1.807, 2.05) is 41.2 Å². The highest BCUT2D eigenvalue weighted by Crippen LogP contribution is 2.25. The van der Waals surface area contributed by atoms with E-state index < -0.39 is 0 Å². The fraction of sp³-hybridized carbons (Fsp3) is 0.200. The molecule has 4 nitrogen and oxygen atoms in total. The van der Waals surface area contributed by atoms with Gasteiger partial charge < -0.3 is 5.73 Å². The summed E-state index contributed by atoms with van der Waals surface area (Å²) in [6.07, 6.45) is 3.74. The summed E-state index contributed by atoms with van der Waals surface area (Å²) in [4.78, 5) is 4.43. The Morgan fingerprint density at radius 3 is 2.74 bits per heavy atom. The first kappa shape index (κ1) is 11.7. The standard InChI is InChI=1S/C15H16N4/c1-10(2)13-7-9-19(18-13)14-6-5-12(16)11-4-3-8-17-15(11)14/h3-10H,16H2,1-2H3. The first-order chi connectivity index (χ1) is 9.16. The Hall–Kier alpha value is -2.36. The molecule has 0 spiro atoms. The summed E-state index contributed by atoms with van der Waals surface area (Å²) in [6.45, 7) is 4.26. The highest BCUT2D eigenvalue weighted by Gasteiger charge is 2.09. The molecule has 0 aliphatic rings. The molecule has 3 rings (SSSR count). The Labute approximate surface area is 111 Å². The van der Waals surface area contributed by atoms with Crippen molar-refractivity contribution in [2.75, 3.05) is 5.73 Å². The number of hydrogen-bond donors (Lipinski definition) is 1. The van der Waals surface area contributed by atoms with Gasteiger partial charge in [-0.3, -0.25) is 4.98 Å². The molecule has 19 heavy (non-hydrogen) atoms. The maximum absolute atomic E-state index is 5.99. The topological polar surface area (TPSA) is 56.7 Å². The van der Waals surface area contributed by atoms with Crippen LogP contribution in [0.3, 0.4) is 0 Å². The lowest BCUT2D eigenvalue weighted by Crippen LogP contribution is -2.00. The van der Waals surface area contributed by atoms with Crippen LogP contribution in [-0.4, -0.2) is 14.8 Å². The van der Waals surface area contributed by atoms with E-state index in [0.29, 0.717) is 5.92 Å².